The second-order valence-electron chi connectivity index (χ2n) is 7.74. The van der Waals surface area contributed by atoms with Crippen LogP contribution in [0.5, 0.6) is 0 Å². The average molecular weight is 343 g/mol. The van der Waals surface area contributed by atoms with Crippen molar-refractivity contribution in [3.63, 3.8) is 0 Å². The lowest BCUT2D eigenvalue weighted by molar-refractivity contribution is -0.0610. The molecule has 1 atom stereocenters. The van der Waals surface area contributed by atoms with Crippen molar-refractivity contribution in [2.75, 3.05) is 6.61 Å². The highest BCUT2D eigenvalue weighted by molar-refractivity contribution is 5.70. The number of aryl methyl sites for hydroxylation is 1. The zero-order chi connectivity index (χ0) is 18.5. The van der Waals surface area contributed by atoms with Crippen LogP contribution in [0.3, 0.4) is 0 Å². The van der Waals surface area contributed by atoms with Crippen LogP contribution in [0.1, 0.15) is 46.6 Å². The molecular formula is C21H29NO3. The molecule has 1 saturated heterocycles. The maximum absolute atomic E-state index is 12.5. The lowest BCUT2D eigenvalue weighted by Gasteiger charge is -2.34. The highest BCUT2D eigenvalue weighted by Crippen LogP contribution is 2.29. The summed E-state index contributed by atoms with van der Waals surface area (Å²) in [5.74, 6) is 0. The summed E-state index contributed by atoms with van der Waals surface area (Å²) >= 11 is 0. The van der Waals surface area contributed by atoms with Gasteiger partial charge in [0.1, 0.15) is 11.3 Å². The Morgan fingerprint density at radius 2 is 2.04 bits per heavy atom. The maximum atomic E-state index is 12.5. The van der Waals surface area contributed by atoms with E-state index in [1.807, 2.05) is 65.0 Å². The molecule has 1 amide bonds. The molecule has 25 heavy (non-hydrogen) atoms. The van der Waals surface area contributed by atoms with Crippen molar-refractivity contribution >= 4 is 6.09 Å². The highest BCUT2D eigenvalue weighted by atomic mass is 16.6. The molecule has 4 heteroatoms. The second kappa shape index (κ2) is 7.90. The standard InChI is InChI=1S/C21H29NO3/c1-20(2,3)25-19(23)22-18(16-24-21(22,4)5)15-11-7-10-14-17-12-8-6-9-13-17/h6-9,12-13,15,18H,10,14,16H2,1-5H3/t11?,18-/m1/s1. The summed E-state index contributed by atoms with van der Waals surface area (Å²) < 4.78 is 11.3. The maximum Gasteiger partial charge on any atom is 0.413 e. The van der Waals surface area contributed by atoms with Crippen molar-refractivity contribution in [1.82, 2.24) is 4.90 Å². The predicted octanol–water partition coefficient (Wildman–Crippen LogP) is 4.70. The Balaban J connectivity index is 1.99. The van der Waals surface area contributed by atoms with Gasteiger partial charge in [-0.2, -0.15) is 0 Å². The third kappa shape index (κ3) is 5.77. The van der Waals surface area contributed by atoms with Gasteiger partial charge < -0.3 is 9.47 Å². The monoisotopic (exact) mass is 343 g/mol. The van der Waals surface area contributed by atoms with Gasteiger partial charge in [0.25, 0.3) is 0 Å². The molecule has 136 valence electrons. The predicted molar refractivity (Wildman–Crippen MR) is 99.3 cm³/mol. The molecule has 1 aromatic carbocycles. The van der Waals surface area contributed by atoms with E-state index in [-0.39, 0.29) is 12.1 Å². The number of ether oxygens (including phenoxy) is 2. The largest absolute Gasteiger partial charge is 0.444 e. The van der Waals surface area contributed by atoms with Gasteiger partial charge in [-0.25, -0.2) is 4.79 Å². The summed E-state index contributed by atoms with van der Waals surface area (Å²) in [4.78, 5) is 14.2. The first kappa shape index (κ1) is 19.3. The van der Waals surface area contributed by atoms with Crippen molar-refractivity contribution in [1.29, 1.82) is 0 Å². The van der Waals surface area contributed by atoms with Crippen LogP contribution in [0, 0.1) is 0 Å². The molecule has 0 N–H and O–H groups in total. The van der Waals surface area contributed by atoms with E-state index in [2.05, 4.69) is 17.9 Å². The molecule has 0 aliphatic carbocycles. The van der Waals surface area contributed by atoms with Crippen LogP contribution in [0.25, 0.3) is 0 Å². The minimum absolute atomic E-state index is 0.169. The topological polar surface area (TPSA) is 38.8 Å². The van der Waals surface area contributed by atoms with Crippen LogP contribution >= 0.6 is 0 Å². The van der Waals surface area contributed by atoms with E-state index >= 15 is 0 Å². The van der Waals surface area contributed by atoms with E-state index in [0.29, 0.717) is 6.61 Å². The van der Waals surface area contributed by atoms with Crippen molar-refractivity contribution in [2.45, 2.75) is 64.8 Å². The smallest absolute Gasteiger partial charge is 0.413 e. The molecule has 0 radical (unpaired) electrons. The van der Waals surface area contributed by atoms with Gasteiger partial charge in [0.2, 0.25) is 0 Å². The molecule has 0 bridgehead atoms. The zero-order valence-electron chi connectivity index (χ0n) is 15.9. The molecule has 0 spiro atoms. The fourth-order valence-corrected chi connectivity index (χ4v) is 2.77. The van der Waals surface area contributed by atoms with Crippen molar-refractivity contribution < 1.29 is 14.3 Å². The van der Waals surface area contributed by atoms with Crippen LogP contribution < -0.4 is 0 Å². The number of carbonyl (C=O) groups is 1. The quantitative estimate of drug-likeness (QED) is 0.744. The lowest BCUT2D eigenvalue weighted by Crippen LogP contribution is -2.49. The fraction of sp³-hybridized carbons (Fsp3) is 0.524. The Labute approximate surface area is 151 Å². The second-order valence-corrected chi connectivity index (χ2v) is 7.74. The van der Waals surface area contributed by atoms with Gasteiger partial charge in [-0.05, 0) is 65.2 Å². The molecule has 1 aliphatic rings. The Hall–Kier alpha value is -2.03. The number of hydrogen-bond acceptors (Lipinski definition) is 3. The summed E-state index contributed by atoms with van der Waals surface area (Å²) in [7, 11) is 0. The summed E-state index contributed by atoms with van der Waals surface area (Å²) in [5.41, 5.74) is 3.29. The number of rotatable bonds is 4. The summed E-state index contributed by atoms with van der Waals surface area (Å²) in [5, 5.41) is 0. The van der Waals surface area contributed by atoms with Crippen LogP contribution in [0.2, 0.25) is 0 Å². The summed E-state index contributed by atoms with van der Waals surface area (Å²) in [6.07, 6.45) is 5.42. The molecule has 1 heterocycles. The van der Waals surface area contributed by atoms with Crippen LogP contribution in [0.15, 0.2) is 48.2 Å². The molecular weight excluding hydrogens is 314 g/mol. The van der Waals surface area contributed by atoms with Gasteiger partial charge in [0, 0.05) is 0 Å². The van der Waals surface area contributed by atoms with Gasteiger partial charge in [0.05, 0.1) is 12.6 Å². The highest BCUT2D eigenvalue weighted by Gasteiger charge is 2.44. The number of amides is 1. The normalized spacial score (nSPS) is 19.2. The lowest BCUT2D eigenvalue weighted by atomic mass is 10.1. The van der Waals surface area contributed by atoms with Gasteiger partial charge in [0.15, 0.2) is 0 Å². The number of hydrogen-bond donors (Lipinski definition) is 0. The first-order chi connectivity index (χ1) is 11.7. The molecule has 0 aromatic heterocycles. The number of nitrogens with zero attached hydrogens (tertiary/aromatic N) is 1. The third-order valence-corrected chi connectivity index (χ3v) is 3.94. The minimum Gasteiger partial charge on any atom is -0.444 e. The van der Waals surface area contributed by atoms with E-state index in [9.17, 15) is 4.79 Å². The molecule has 2 rings (SSSR count). The Morgan fingerprint density at radius 3 is 2.68 bits per heavy atom. The average Bonchev–Trinajstić information content (AvgIpc) is 2.81. The van der Waals surface area contributed by atoms with Crippen LogP contribution in [-0.2, 0) is 15.9 Å². The van der Waals surface area contributed by atoms with E-state index in [1.54, 1.807) is 4.90 Å². The third-order valence-electron chi connectivity index (χ3n) is 3.94. The minimum atomic E-state index is -0.685. The first-order valence-electron chi connectivity index (χ1n) is 8.80. The van der Waals surface area contributed by atoms with E-state index in [1.165, 1.54) is 5.56 Å². The zero-order valence-corrected chi connectivity index (χ0v) is 15.9. The molecule has 1 aromatic rings. The van der Waals surface area contributed by atoms with E-state index in [4.69, 9.17) is 9.47 Å². The van der Waals surface area contributed by atoms with E-state index in [0.717, 1.165) is 12.8 Å². The Bertz CT molecular complexity index is 637. The fourth-order valence-electron chi connectivity index (χ4n) is 2.77. The van der Waals surface area contributed by atoms with Gasteiger partial charge in [-0.1, -0.05) is 30.3 Å². The van der Waals surface area contributed by atoms with Crippen LogP contribution in [-0.4, -0.2) is 35.0 Å². The van der Waals surface area contributed by atoms with Gasteiger partial charge >= 0.3 is 6.09 Å². The molecule has 4 nitrogen and oxygen atoms in total. The Morgan fingerprint density at radius 1 is 1.36 bits per heavy atom. The van der Waals surface area contributed by atoms with Crippen molar-refractivity contribution in [2.24, 2.45) is 0 Å². The van der Waals surface area contributed by atoms with Crippen LogP contribution in [0.4, 0.5) is 4.79 Å². The molecule has 0 unspecified atom stereocenters. The van der Waals surface area contributed by atoms with Crippen molar-refractivity contribution in [3.05, 3.63) is 53.8 Å². The molecule has 0 saturated carbocycles. The summed E-state index contributed by atoms with van der Waals surface area (Å²) in [6.45, 7) is 9.80. The van der Waals surface area contributed by atoms with E-state index < -0.39 is 11.3 Å². The van der Waals surface area contributed by atoms with Crippen molar-refractivity contribution in [3.8, 4) is 0 Å². The Kier molecular flexibility index (Phi) is 6.10. The first-order valence-corrected chi connectivity index (χ1v) is 8.80. The number of carbonyl (C=O) groups excluding carboxylic acids is 1. The van der Waals surface area contributed by atoms with Gasteiger partial charge in [-0.3, -0.25) is 4.90 Å². The summed E-state index contributed by atoms with van der Waals surface area (Å²) in [6, 6.07) is 10.2. The SMILES string of the molecule is CC(C)(C)OC(=O)N1[C@H](C=C=CCCc2ccccc2)COC1(C)C. The van der Waals surface area contributed by atoms with Gasteiger partial charge in [-0.15, -0.1) is 5.73 Å². The molecule has 1 aliphatic heterocycles. The molecule has 1 fully saturated rings. The number of benzene rings is 1.